The van der Waals surface area contributed by atoms with Gasteiger partial charge in [0, 0.05) is 49.8 Å². The first kappa shape index (κ1) is 32.0. The van der Waals surface area contributed by atoms with Crippen molar-refractivity contribution < 1.29 is 4.42 Å². The third-order valence-electron chi connectivity index (χ3n) is 11.8. The van der Waals surface area contributed by atoms with Crippen LogP contribution in [-0.4, -0.2) is 9.13 Å². The highest BCUT2D eigenvalue weighted by Crippen LogP contribution is 2.42. The van der Waals surface area contributed by atoms with Gasteiger partial charge in [-0.25, -0.2) is 0 Å². The van der Waals surface area contributed by atoms with Crippen molar-refractivity contribution in [3.8, 4) is 11.4 Å². The van der Waals surface area contributed by atoms with Crippen molar-refractivity contribution >= 4 is 71.2 Å². The minimum absolute atomic E-state index is 0.0415. The van der Waals surface area contributed by atoms with Gasteiger partial charge in [-0.2, -0.15) is 0 Å². The molecule has 5 nitrogen and oxygen atoms in total. The van der Waals surface area contributed by atoms with Crippen LogP contribution in [0.5, 0.6) is 0 Å². The Bertz CT molecular complexity index is 3360. The van der Waals surface area contributed by atoms with Gasteiger partial charge in [0.2, 0.25) is 0 Å². The van der Waals surface area contributed by atoms with E-state index in [4.69, 9.17) is 4.42 Å². The van der Waals surface area contributed by atoms with E-state index in [1.165, 1.54) is 43.7 Å². The van der Waals surface area contributed by atoms with Crippen LogP contribution in [-0.2, 0) is 0 Å². The molecule has 11 aromatic rings. The number of fused-ring (bicyclic) bond motifs is 10. The minimum Gasteiger partial charge on any atom is -0.456 e. The molecule has 1 aliphatic heterocycles. The lowest BCUT2D eigenvalue weighted by Gasteiger charge is -2.33. The summed E-state index contributed by atoms with van der Waals surface area (Å²) in [6, 6.07) is 67.3. The highest BCUT2D eigenvalue weighted by molar-refractivity contribution is 6.24. The first-order chi connectivity index (χ1) is 28.3. The number of hydrogen-bond acceptors (Lipinski definition) is 3. The van der Waals surface area contributed by atoms with Crippen LogP contribution < -0.4 is 10.6 Å². The van der Waals surface area contributed by atoms with Gasteiger partial charge in [-0.15, -0.1) is 0 Å². The summed E-state index contributed by atoms with van der Waals surface area (Å²) in [5.74, 6) is 0. The molecule has 3 aromatic heterocycles. The number of nitrogens with zero attached hydrogens (tertiary/aromatic N) is 2. The van der Waals surface area contributed by atoms with E-state index in [9.17, 15) is 0 Å². The summed E-state index contributed by atoms with van der Waals surface area (Å²) >= 11 is 0. The van der Waals surface area contributed by atoms with Gasteiger partial charge in [0.05, 0.1) is 33.8 Å². The third-order valence-corrected chi connectivity index (χ3v) is 11.8. The smallest absolute Gasteiger partial charge is 0.137 e. The SMILES string of the molecule is C1=C(c2ccccc2)NC(c2ccc3c(c2)oc2cc(-n4c5ccccc5c5ccc6c7ccccc7n(-c7ccccc7)c6c54)ccc23)NC1c1ccccc1. The predicted molar refractivity (Wildman–Crippen MR) is 235 cm³/mol. The van der Waals surface area contributed by atoms with E-state index in [-0.39, 0.29) is 12.2 Å². The number of aromatic nitrogens is 2. The summed E-state index contributed by atoms with van der Waals surface area (Å²) in [4.78, 5) is 0. The average Bonchev–Trinajstić information content (AvgIpc) is 3.94. The number of hydrogen-bond donors (Lipinski definition) is 2. The monoisotopic (exact) mass is 732 g/mol. The van der Waals surface area contributed by atoms with Crippen LogP contribution in [0.25, 0.3) is 82.6 Å². The van der Waals surface area contributed by atoms with Crippen molar-refractivity contribution in [3.05, 3.63) is 211 Å². The van der Waals surface area contributed by atoms with Crippen molar-refractivity contribution in [2.24, 2.45) is 0 Å². The van der Waals surface area contributed by atoms with E-state index in [1.54, 1.807) is 0 Å². The standard InChI is InChI=1S/C52H36N4O/c1-4-14-33(15-5-1)44-32-45(34-16-6-2-7-17-34)54-52(53-44)35-24-26-40-41-27-25-37(31-49(41)57-48(40)30-35)56-47-23-13-11-21-39(47)43-29-28-42-38-20-10-12-22-46(38)55(50(42)51(43)56)36-18-8-3-9-19-36/h1-32,44,52-54H. The Morgan fingerprint density at radius 1 is 0.421 bits per heavy atom. The molecule has 4 heterocycles. The Hall–Kier alpha value is -7.34. The second kappa shape index (κ2) is 12.6. The maximum Gasteiger partial charge on any atom is 0.137 e. The molecule has 0 saturated heterocycles. The molecule has 2 unspecified atom stereocenters. The van der Waals surface area contributed by atoms with Crippen LogP contribution in [0.2, 0.25) is 0 Å². The molecule has 0 aliphatic carbocycles. The molecule has 0 radical (unpaired) electrons. The van der Waals surface area contributed by atoms with Crippen LogP contribution >= 0.6 is 0 Å². The Morgan fingerprint density at radius 2 is 0.965 bits per heavy atom. The summed E-state index contributed by atoms with van der Waals surface area (Å²) in [5.41, 5.74) is 13.2. The van der Waals surface area contributed by atoms with Gasteiger partial charge in [-0.1, -0.05) is 140 Å². The number of para-hydroxylation sites is 3. The number of nitrogens with one attached hydrogen (secondary N) is 2. The molecule has 0 amide bonds. The summed E-state index contributed by atoms with van der Waals surface area (Å²) in [7, 11) is 0. The van der Waals surface area contributed by atoms with E-state index in [0.717, 1.165) is 55.7 Å². The van der Waals surface area contributed by atoms with E-state index in [2.05, 4.69) is 214 Å². The molecule has 1 aliphatic rings. The summed E-state index contributed by atoms with van der Waals surface area (Å²) in [6.07, 6.45) is 2.16. The molecule has 0 spiro atoms. The van der Waals surface area contributed by atoms with Gasteiger partial charge >= 0.3 is 0 Å². The second-order valence-electron chi connectivity index (χ2n) is 15.0. The lowest BCUT2D eigenvalue weighted by Crippen LogP contribution is -2.39. The zero-order chi connectivity index (χ0) is 37.5. The molecular formula is C52H36N4O. The predicted octanol–water partition coefficient (Wildman–Crippen LogP) is 12.8. The molecule has 2 N–H and O–H groups in total. The van der Waals surface area contributed by atoms with Crippen LogP contribution in [0.3, 0.4) is 0 Å². The van der Waals surface area contributed by atoms with Crippen molar-refractivity contribution in [1.29, 1.82) is 0 Å². The van der Waals surface area contributed by atoms with E-state index in [1.807, 2.05) is 0 Å². The van der Waals surface area contributed by atoms with Crippen LogP contribution in [0.4, 0.5) is 0 Å². The number of benzene rings is 8. The highest BCUT2D eigenvalue weighted by Gasteiger charge is 2.26. The largest absolute Gasteiger partial charge is 0.456 e. The van der Waals surface area contributed by atoms with Gasteiger partial charge in [0.25, 0.3) is 0 Å². The van der Waals surface area contributed by atoms with Gasteiger partial charge in [-0.05, 0) is 65.2 Å². The Kier molecular flexibility index (Phi) is 7.06. The van der Waals surface area contributed by atoms with Gasteiger partial charge in [-0.3, -0.25) is 5.32 Å². The van der Waals surface area contributed by atoms with Crippen LogP contribution in [0.1, 0.15) is 28.9 Å². The summed E-state index contributed by atoms with van der Waals surface area (Å²) < 4.78 is 11.7. The first-order valence-corrected chi connectivity index (χ1v) is 19.6. The van der Waals surface area contributed by atoms with E-state index in [0.29, 0.717) is 0 Å². The normalized spacial score (nSPS) is 15.9. The topological polar surface area (TPSA) is 47.1 Å². The maximum atomic E-state index is 6.81. The molecule has 0 saturated carbocycles. The van der Waals surface area contributed by atoms with E-state index >= 15 is 0 Å². The molecular weight excluding hydrogens is 697 g/mol. The molecule has 0 bridgehead atoms. The Labute approximate surface area is 328 Å². The first-order valence-electron chi connectivity index (χ1n) is 19.6. The summed E-state index contributed by atoms with van der Waals surface area (Å²) in [6.45, 7) is 0. The molecule has 5 heteroatoms. The van der Waals surface area contributed by atoms with Crippen LogP contribution in [0, 0.1) is 0 Å². The zero-order valence-corrected chi connectivity index (χ0v) is 30.9. The number of furan rings is 1. The molecule has 2 atom stereocenters. The minimum atomic E-state index is -0.125. The number of rotatable bonds is 5. The van der Waals surface area contributed by atoms with Gasteiger partial charge in [0.1, 0.15) is 17.3 Å². The third kappa shape index (κ3) is 4.99. The van der Waals surface area contributed by atoms with Crippen LogP contribution in [0.15, 0.2) is 199 Å². The lowest BCUT2D eigenvalue weighted by atomic mass is 9.98. The van der Waals surface area contributed by atoms with Crippen molar-refractivity contribution in [1.82, 2.24) is 19.8 Å². The molecule has 57 heavy (non-hydrogen) atoms. The van der Waals surface area contributed by atoms with E-state index < -0.39 is 0 Å². The summed E-state index contributed by atoms with van der Waals surface area (Å²) in [5, 5.41) is 14.7. The molecule has 8 aromatic carbocycles. The fraction of sp³-hybridized carbons (Fsp3) is 0.0385. The lowest BCUT2D eigenvalue weighted by molar-refractivity contribution is 0.442. The van der Waals surface area contributed by atoms with Crippen molar-refractivity contribution in [2.45, 2.75) is 12.2 Å². The average molecular weight is 733 g/mol. The zero-order valence-electron chi connectivity index (χ0n) is 30.9. The van der Waals surface area contributed by atoms with Crippen molar-refractivity contribution in [2.75, 3.05) is 0 Å². The second-order valence-corrected chi connectivity index (χ2v) is 15.0. The maximum absolute atomic E-state index is 6.81. The highest BCUT2D eigenvalue weighted by atomic mass is 16.3. The fourth-order valence-electron chi connectivity index (χ4n) is 9.18. The molecule has 270 valence electrons. The fourth-order valence-corrected chi connectivity index (χ4v) is 9.18. The quantitative estimate of drug-likeness (QED) is 0.185. The molecule has 12 rings (SSSR count). The van der Waals surface area contributed by atoms with Gasteiger partial charge in [0.15, 0.2) is 0 Å². The van der Waals surface area contributed by atoms with Crippen molar-refractivity contribution in [3.63, 3.8) is 0 Å². The Morgan fingerprint density at radius 3 is 1.65 bits per heavy atom. The van der Waals surface area contributed by atoms with Gasteiger partial charge < -0.3 is 18.9 Å². The molecule has 0 fully saturated rings. The Balaban J connectivity index is 1.02.